The van der Waals surface area contributed by atoms with Crippen LogP contribution in [0.2, 0.25) is 0 Å². The van der Waals surface area contributed by atoms with Gasteiger partial charge in [-0.15, -0.1) is 0 Å². The van der Waals surface area contributed by atoms with Gasteiger partial charge >= 0.3 is 0 Å². The summed E-state index contributed by atoms with van der Waals surface area (Å²) < 4.78 is 12.9. The molecule has 0 bridgehead atoms. The summed E-state index contributed by atoms with van der Waals surface area (Å²) in [6, 6.07) is 20.3. The van der Waals surface area contributed by atoms with Gasteiger partial charge in [-0.1, -0.05) is 51.1 Å². The van der Waals surface area contributed by atoms with Crippen molar-refractivity contribution < 1.29 is 13.9 Å². The van der Waals surface area contributed by atoms with Crippen LogP contribution in [0.3, 0.4) is 0 Å². The van der Waals surface area contributed by atoms with E-state index in [-0.39, 0.29) is 17.2 Å². The standard InChI is InChI=1S/C28H32N2O3/c1-28(2,3)25(16-27(31)29-17-22-8-7-15-33-22)24-19-30(26-10-6-5-9-23(24)26)18-20-11-13-21(32-4)14-12-20/h5-15,19,25H,16-18H2,1-4H3,(H,29,31). The third-order valence-corrected chi connectivity index (χ3v) is 6.18. The van der Waals surface area contributed by atoms with Crippen LogP contribution in [-0.2, 0) is 17.9 Å². The van der Waals surface area contributed by atoms with Gasteiger partial charge in [-0.05, 0) is 52.8 Å². The van der Waals surface area contributed by atoms with E-state index in [1.54, 1.807) is 13.4 Å². The molecule has 2 aromatic heterocycles. The second kappa shape index (κ2) is 9.57. The molecular formula is C28H32N2O3. The summed E-state index contributed by atoms with van der Waals surface area (Å²) >= 11 is 0. The maximum Gasteiger partial charge on any atom is 0.221 e. The number of hydrogen-bond donors (Lipinski definition) is 1. The summed E-state index contributed by atoms with van der Waals surface area (Å²) in [5.41, 5.74) is 3.50. The molecule has 1 unspecified atom stereocenters. The molecule has 1 N–H and O–H groups in total. The minimum absolute atomic E-state index is 0.0262. The number of nitrogens with zero attached hydrogens (tertiary/aromatic N) is 1. The van der Waals surface area contributed by atoms with E-state index in [0.717, 1.165) is 18.1 Å². The molecule has 0 aliphatic rings. The molecule has 5 nitrogen and oxygen atoms in total. The number of fused-ring (bicyclic) bond motifs is 1. The summed E-state index contributed by atoms with van der Waals surface area (Å²) in [5.74, 6) is 1.70. The predicted molar refractivity (Wildman–Crippen MR) is 131 cm³/mol. The van der Waals surface area contributed by atoms with E-state index in [1.807, 2.05) is 24.3 Å². The van der Waals surface area contributed by atoms with Crippen LogP contribution in [-0.4, -0.2) is 17.6 Å². The highest BCUT2D eigenvalue weighted by atomic mass is 16.5. The Bertz CT molecular complexity index is 1200. The molecule has 0 radical (unpaired) electrons. The maximum absolute atomic E-state index is 12.9. The van der Waals surface area contributed by atoms with E-state index in [4.69, 9.17) is 9.15 Å². The largest absolute Gasteiger partial charge is 0.497 e. The minimum atomic E-state index is -0.0862. The number of ether oxygens (including phenoxy) is 1. The molecule has 33 heavy (non-hydrogen) atoms. The third kappa shape index (κ3) is 5.30. The first-order valence-corrected chi connectivity index (χ1v) is 11.3. The molecule has 1 amide bonds. The quantitative estimate of drug-likeness (QED) is 0.356. The topological polar surface area (TPSA) is 56.4 Å². The van der Waals surface area contributed by atoms with E-state index >= 15 is 0 Å². The predicted octanol–water partition coefficient (Wildman–Crippen LogP) is 6.13. The lowest BCUT2D eigenvalue weighted by Crippen LogP contribution is -2.29. The van der Waals surface area contributed by atoms with Gasteiger partial charge in [-0.3, -0.25) is 4.79 Å². The summed E-state index contributed by atoms with van der Waals surface area (Å²) in [6.45, 7) is 7.77. The van der Waals surface area contributed by atoms with Gasteiger partial charge in [0.25, 0.3) is 0 Å². The van der Waals surface area contributed by atoms with E-state index in [2.05, 4.69) is 73.3 Å². The number of rotatable bonds is 8. The number of furan rings is 1. The molecule has 1 atom stereocenters. The summed E-state index contributed by atoms with van der Waals surface area (Å²) in [6.07, 6.45) is 4.27. The Kier molecular flexibility index (Phi) is 6.59. The summed E-state index contributed by atoms with van der Waals surface area (Å²) in [4.78, 5) is 12.9. The highest BCUT2D eigenvalue weighted by Gasteiger charge is 2.31. The Hall–Kier alpha value is -3.47. The fourth-order valence-corrected chi connectivity index (χ4v) is 4.35. The van der Waals surface area contributed by atoms with Gasteiger partial charge < -0.3 is 19.0 Å². The Labute approximate surface area is 195 Å². The molecule has 5 heteroatoms. The lowest BCUT2D eigenvalue weighted by Gasteiger charge is -2.30. The van der Waals surface area contributed by atoms with Crippen molar-refractivity contribution in [3.63, 3.8) is 0 Å². The fourth-order valence-electron chi connectivity index (χ4n) is 4.35. The number of amides is 1. The van der Waals surface area contributed by atoms with Crippen molar-refractivity contribution in [1.29, 1.82) is 0 Å². The van der Waals surface area contributed by atoms with Crippen LogP contribution in [0.1, 0.15) is 50.0 Å². The molecule has 0 aliphatic carbocycles. The van der Waals surface area contributed by atoms with Gasteiger partial charge in [-0.2, -0.15) is 0 Å². The second-order valence-electron chi connectivity index (χ2n) is 9.56. The smallest absolute Gasteiger partial charge is 0.221 e. The molecule has 0 aliphatic heterocycles. The Morgan fingerprint density at radius 1 is 1.06 bits per heavy atom. The van der Waals surface area contributed by atoms with E-state index in [0.29, 0.717) is 13.0 Å². The van der Waals surface area contributed by atoms with Crippen molar-refractivity contribution in [2.75, 3.05) is 7.11 Å². The first-order valence-electron chi connectivity index (χ1n) is 11.3. The van der Waals surface area contributed by atoms with Gasteiger partial charge in [0, 0.05) is 30.1 Å². The monoisotopic (exact) mass is 444 g/mol. The van der Waals surface area contributed by atoms with Gasteiger partial charge in [0.1, 0.15) is 11.5 Å². The molecule has 0 fully saturated rings. The number of nitrogens with one attached hydrogen (secondary N) is 1. The first kappa shape index (κ1) is 22.7. The van der Waals surface area contributed by atoms with Crippen molar-refractivity contribution in [1.82, 2.24) is 9.88 Å². The number of aromatic nitrogens is 1. The third-order valence-electron chi connectivity index (χ3n) is 6.18. The number of hydrogen-bond acceptors (Lipinski definition) is 3. The van der Waals surface area contributed by atoms with Gasteiger partial charge in [-0.25, -0.2) is 0 Å². The summed E-state index contributed by atoms with van der Waals surface area (Å²) in [7, 11) is 1.68. The van der Waals surface area contributed by atoms with Crippen LogP contribution in [0.25, 0.3) is 10.9 Å². The van der Waals surface area contributed by atoms with Crippen LogP contribution in [0.4, 0.5) is 0 Å². The molecule has 0 saturated heterocycles. The van der Waals surface area contributed by atoms with Crippen molar-refractivity contribution in [3.05, 3.63) is 90.0 Å². The minimum Gasteiger partial charge on any atom is -0.497 e. The summed E-state index contributed by atoms with van der Waals surface area (Å²) in [5, 5.41) is 4.21. The number of para-hydroxylation sites is 1. The molecular weight excluding hydrogens is 412 g/mol. The van der Waals surface area contributed by atoms with Crippen molar-refractivity contribution in [3.8, 4) is 5.75 Å². The Morgan fingerprint density at radius 2 is 1.82 bits per heavy atom. The second-order valence-corrected chi connectivity index (χ2v) is 9.56. The van der Waals surface area contributed by atoms with E-state index in [9.17, 15) is 4.79 Å². The molecule has 2 aromatic carbocycles. The molecule has 4 rings (SSSR count). The van der Waals surface area contributed by atoms with Crippen LogP contribution in [0.5, 0.6) is 5.75 Å². The highest BCUT2D eigenvalue weighted by Crippen LogP contribution is 2.41. The number of carbonyl (C=O) groups excluding carboxylic acids is 1. The van der Waals surface area contributed by atoms with Crippen LogP contribution < -0.4 is 10.1 Å². The molecule has 172 valence electrons. The Balaban J connectivity index is 1.62. The van der Waals surface area contributed by atoms with Crippen molar-refractivity contribution in [2.45, 2.75) is 46.2 Å². The van der Waals surface area contributed by atoms with Gasteiger partial charge in [0.2, 0.25) is 5.91 Å². The van der Waals surface area contributed by atoms with Crippen molar-refractivity contribution in [2.24, 2.45) is 5.41 Å². The van der Waals surface area contributed by atoms with Crippen LogP contribution in [0.15, 0.2) is 77.5 Å². The molecule has 0 saturated carbocycles. The Morgan fingerprint density at radius 3 is 2.48 bits per heavy atom. The normalized spacial score (nSPS) is 12.6. The average Bonchev–Trinajstić information content (AvgIpc) is 3.44. The lowest BCUT2D eigenvalue weighted by atomic mass is 9.74. The lowest BCUT2D eigenvalue weighted by molar-refractivity contribution is -0.122. The molecule has 4 aromatic rings. The maximum atomic E-state index is 12.9. The van der Waals surface area contributed by atoms with Crippen LogP contribution >= 0.6 is 0 Å². The average molecular weight is 445 g/mol. The number of benzene rings is 2. The first-order chi connectivity index (χ1) is 15.8. The zero-order valence-electron chi connectivity index (χ0n) is 19.8. The van der Waals surface area contributed by atoms with Gasteiger partial charge in [0.05, 0.1) is 19.9 Å². The van der Waals surface area contributed by atoms with E-state index < -0.39 is 0 Å². The molecule has 0 spiro atoms. The zero-order chi connectivity index (χ0) is 23.4. The SMILES string of the molecule is COc1ccc(Cn2cc(C(CC(=O)NCc3ccco3)C(C)(C)C)c3ccccc32)cc1. The zero-order valence-corrected chi connectivity index (χ0v) is 19.8. The molecule has 2 heterocycles. The van der Waals surface area contributed by atoms with Crippen LogP contribution in [0, 0.1) is 5.41 Å². The number of methoxy groups -OCH3 is 1. The number of carbonyl (C=O) groups is 1. The van der Waals surface area contributed by atoms with Gasteiger partial charge in [0.15, 0.2) is 0 Å². The van der Waals surface area contributed by atoms with Crippen molar-refractivity contribution >= 4 is 16.8 Å². The highest BCUT2D eigenvalue weighted by molar-refractivity contribution is 5.86. The fraction of sp³-hybridized carbons (Fsp3) is 0.321. The van der Waals surface area contributed by atoms with E-state index in [1.165, 1.54) is 22.0 Å².